The van der Waals surface area contributed by atoms with Crippen LogP contribution in [0.1, 0.15) is 96.5 Å². The Kier molecular flexibility index (Phi) is 12.1. The minimum atomic E-state index is -0.293. The fourth-order valence-electron chi connectivity index (χ4n) is 9.03. The van der Waals surface area contributed by atoms with E-state index in [1.807, 2.05) is 130 Å². The zero-order valence-corrected chi connectivity index (χ0v) is 38.0. The highest BCUT2D eigenvalue weighted by Gasteiger charge is 2.38. The van der Waals surface area contributed by atoms with Gasteiger partial charge in [0, 0.05) is 25.5 Å². The fraction of sp³-hybridized carbons (Fsp3) is 0.269. The maximum Gasteiger partial charge on any atom is 0.174 e. The molecule has 336 valence electrons. The number of benzene rings is 4. The zero-order chi connectivity index (χ0) is 46.0. The minimum Gasteiger partial charge on any atom is -0.495 e. The lowest BCUT2D eigenvalue weighted by Crippen LogP contribution is -2.33. The van der Waals surface area contributed by atoms with Gasteiger partial charge in [0.25, 0.3) is 0 Å². The summed E-state index contributed by atoms with van der Waals surface area (Å²) in [6.07, 6.45) is 19.2. The van der Waals surface area contributed by atoms with E-state index in [1.165, 1.54) is 24.3 Å². The van der Waals surface area contributed by atoms with Crippen LogP contribution in [0.5, 0.6) is 11.5 Å². The summed E-state index contributed by atoms with van der Waals surface area (Å²) in [5.41, 5.74) is 7.26. The summed E-state index contributed by atoms with van der Waals surface area (Å²) < 4.78 is 46.0. The molecule has 6 heterocycles. The average molecular weight is 887 g/mol. The molecular formula is C52H52F2N10O2. The molecule has 0 fully saturated rings. The lowest BCUT2D eigenvalue weighted by Gasteiger charge is -2.33. The van der Waals surface area contributed by atoms with Gasteiger partial charge >= 0.3 is 0 Å². The predicted octanol–water partition coefficient (Wildman–Crippen LogP) is 10.4. The third-order valence-corrected chi connectivity index (χ3v) is 12.7. The summed E-state index contributed by atoms with van der Waals surface area (Å²) in [6.45, 7) is 9.90. The normalized spacial score (nSPS) is 17.9. The predicted molar refractivity (Wildman–Crippen MR) is 252 cm³/mol. The van der Waals surface area contributed by atoms with E-state index in [4.69, 9.17) is 29.6 Å². The highest BCUT2D eigenvalue weighted by atomic mass is 19.1. The number of methoxy groups -OCH3 is 2. The number of fused-ring (bicyclic) bond motifs is 2. The van der Waals surface area contributed by atoms with Crippen LogP contribution in [-0.2, 0) is 23.9 Å². The molecule has 0 saturated heterocycles. The number of halogens is 2. The SMILES string of the molecule is COc1cc(/C=C/c2nc3n(n2)CCC[C@]3(C)c2ccc(F)cc2)ccc1-n1cnc(C)c1.COc1cc(/C=C/c2nc3n(n2)CCC[C@]3(C)c2ccc(F)cc2)ccc1-n1cnc(C)c1. The van der Waals surface area contributed by atoms with Crippen LogP contribution in [0.3, 0.4) is 0 Å². The highest BCUT2D eigenvalue weighted by molar-refractivity contribution is 5.70. The summed E-state index contributed by atoms with van der Waals surface area (Å²) in [5, 5.41) is 9.43. The standard InChI is InChI=1S/2C26H26FN5O/c2*1-18-16-31(17-28-18)22-11-5-19(15-23(22)33-3)6-12-24-29-25-26(2,13-4-14-32(25)30-24)20-7-9-21(27)10-8-20/h2*5-12,15-17H,4,13-14H2,1-3H3/b2*12-6+/t2*26-/m11/s1. The van der Waals surface area contributed by atoms with Crippen LogP contribution >= 0.6 is 0 Å². The molecular weight excluding hydrogens is 835 g/mol. The van der Waals surface area contributed by atoms with Crippen molar-refractivity contribution >= 4 is 24.3 Å². The number of aryl methyl sites for hydroxylation is 4. The van der Waals surface area contributed by atoms with E-state index in [2.05, 4.69) is 23.8 Å². The monoisotopic (exact) mass is 886 g/mol. The molecule has 4 aromatic carbocycles. The van der Waals surface area contributed by atoms with Crippen molar-refractivity contribution in [3.8, 4) is 22.9 Å². The maximum absolute atomic E-state index is 13.5. The lowest BCUT2D eigenvalue weighted by molar-refractivity contribution is 0.357. The summed E-state index contributed by atoms with van der Waals surface area (Å²) in [5.74, 6) is 4.22. The second-order valence-corrected chi connectivity index (χ2v) is 17.3. The first kappa shape index (κ1) is 43.8. The van der Waals surface area contributed by atoms with E-state index in [9.17, 15) is 8.78 Å². The van der Waals surface area contributed by atoms with E-state index >= 15 is 0 Å². The van der Waals surface area contributed by atoms with Crippen molar-refractivity contribution in [1.82, 2.24) is 48.6 Å². The van der Waals surface area contributed by atoms with Gasteiger partial charge in [-0.15, -0.1) is 0 Å². The van der Waals surface area contributed by atoms with Crippen molar-refractivity contribution in [2.45, 2.75) is 77.3 Å². The van der Waals surface area contributed by atoms with Gasteiger partial charge < -0.3 is 18.6 Å². The molecule has 0 unspecified atom stereocenters. The molecule has 8 aromatic rings. The second-order valence-electron chi connectivity index (χ2n) is 17.3. The number of hydrogen-bond acceptors (Lipinski definition) is 8. The Morgan fingerprint density at radius 2 is 0.970 bits per heavy atom. The highest BCUT2D eigenvalue weighted by Crippen LogP contribution is 2.40. The van der Waals surface area contributed by atoms with Crippen molar-refractivity contribution in [2.75, 3.05) is 14.2 Å². The van der Waals surface area contributed by atoms with Crippen LogP contribution < -0.4 is 9.47 Å². The first-order valence-corrected chi connectivity index (χ1v) is 22.1. The van der Waals surface area contributed by atoms with Crippen molar-refractivity contribution < 1.29 is 18.3 Å². The maximum atomic E-state index is 13.5. The average Bonchev–Trinajstić information content (AvgIpc) is 4.16. The second kappa shape index (κ2) is 18.2. The molecule has 10 rings (SSSR count). The van der Waals surface area contributed by atoms with E-state index in [1.54, 1.807) is 26.9 Å². The van der Waals surface area contributed by atoms with Crippen molar-refractivity contribution in [3.05, 3.63) is 179 Å². The van der Waals surface area contributed by atoms with Gasteiger partial charge in [-0.25, -0.2) is 38.1 Å². The number of ether oxygens (including phenoxy) is 2. The van der Waals surface area contributed by atoms with Crippen molar-refractivity contribution in [1.29, 1.82) is 0 Å². The van der Waals surface area contributed by atoms with Crippen LogP contribution in [-0.4, -0.2) is 62.9 Å². The fourth-order valence-corrected chi connectivity index (χ4v) is 9.03. The van der Waals surface area contributed by atoms with Crippen molar-refractivity contribution in [2.24, 2.45) is 0 Å². The van der Waals surface area contributed by atoms with Gasteiger partial charge in [-0.1, -0.05) is 48.6 Å². The lowest BCUT2D eigenvalue weighted by atomic mass is 9.76. The Hall–Kier alpha value is -7.48. The van der Waals surface area contributed by atoms with Crippen LogP contribution in [0.4, 0.5) is 8.78 Å². The number of hydrogen-bond donors (Lipinski definition) is 0. The molecule has 0 spiro atoms. The first-order chi connectivity index (χ1) is 31.9. The van der Waals surface area contributed by atoms with E-state index in [-0.39, 0.29) is 22.5 Å². The van der Waals surface area contributed by atoms with Crippen LogP contribution in [0.15, 0.2) is 110 Å². The first-order valence-electron chi connectivity index (χ1n) is 22.1. The number of nitrogens with zero attached hydrogens (tertiary/aromatic N) is 10. The van der Waals surface area contributed by atoms with E-state index < -0.39 is 0 Å². The van der Waals surface area contributed by atoms with Gasteiger partial charge in [0.05, 0.1) is 60.5 Å². The van der Waals surface area contributed by atoms with Crippen molar-refractivity contribution in [3.63, 3.8) is 0 Å². The van der Waals surface area contributed by atoms with Gasteiger partial charge in [0.2, 0.25) is 0 Å². The Labute approximate surface area is 383 Å². The molecule has 0 amide bonds. The van der Waals surface area contributed by atoms with Gasteiger partial charge in [0.1, 0.15) is 34.8 Å². The molecule has 0 N–H and O–H groups in total. The van der Waals surface area contributed by atoms with Gasteiger partial charge in [-0.05, 0) is 136 Å². The molecule has 2 atom stereocenters. The number of rotatable bonds is 10. The largest absolute Gasteiger partial charge is 0.495 e. The van der Waals surface area contributed by atoms with Gasteiger partial charge in [0.15, 0.2) is 11.6 Å². The molecule has 4 aromatic heterocycles. The molecule has 12 nitrogen and oxygen atoms in total. The van der Waals surface area contributed by atoms with Crippen LogP contribution in [0.25, 0.3) is 35.7 Å². The summed E-state index contributed by atoms with van der Waals surface area (Å²) in [6, 6.07) is 25.5. The smallest absolute Gasteiger partial charge is 0.174 e. The number of imidazole rings is 2. The molecule has 14 heteroatoms. The molecule has 66 heavy (non-hydrogen) atoms. The van der Waals surface area contributed by atoms with Gasteiger partial charge in [-0.3, -0.25) is 0 Å². The number of aromatic nitrogens is 10. The Morgan fingerprint density at radius 3 is 1.33 bits per heavy atom. The van der Waals surface area contributed by atoms with E-state index in [0.717, 1.165) is 107 Å². The third kappa shape index (κ3) is 8.82. The molecule has 0 saturated carbocycles. The Balaban J connectivity index is 0.000000166. The Morgan fingerprint density at radius 1 is 0.561 bits per heavy atom. The van der Waals surface area contributed by atoms with Gasteiger partial charge in [-0.2, -0.15) is 10.2 Å². The summed E-state index contributed by atoms with van der Waals surface area (Å²) in [4.78, 5) is 18.3. The van der Waals surface area contributed by atoms with E-state index in [0.29, 0.717) is 11.6 Å². The molecule has 0 radical (unpaired) electrons. The molecule has 2 aliphatic heterocycles. The molecule has 2 aliphatic rings. The topological polar surface area (TPSA) is 116 Å². The third-order valence-electron chi connectivity index (χ3n) is 12.7. The Bertz CT molecular complexity index is 2850. The molecule has 0 aliphatic carbocycles. The zero-order valence-electron chi connectivity index (χ0n) is 38.0. The van der Waals surface area contributed by atoms with Crippen LogP contribution in [0, 0.1) is 25.5 Å². The molecule has 0 bridgehead atoms. The summed E-state index contributed by atoms with van der Waals surface area (Å²) >= 11 is 0. The quantitative estimate of drug-likeness (QED) is 0.133. The van der Waals surface area contributed by atoms with Crippen LogP contribution in [0.2, 0.25) is 0 Å². The minimum absolute atomic E-state index is 0.229. The summed E-state index contributed by atoms with van der Waals surface area (Å²) in [7, 11) is 3.33.